The molecule has 0 spiro atoms. The van der Waals surface area contributed by atoms with E-state index in [1.807, 2.05) is 0 Å². The van der Waals surface area contributed by atoms with Crippen LogP contribution in [0.25, 0.3) is 0 Å². The number of phenols is 1. The Hall–Kier alpha value is -2.55. The number of methoxy groups -OCH3 is 1. The van der Waals surface area contributed by atoms with Gasteiger partial charge in [-0.15, -0.1) is 11.8 Å². The van der Waals surface area contributed by atoms with E-state index in [1.165, 1.54) is 24.1 Å². The van der Waals surface area contributed by atoms with E-state index in [0.717, 1.165) is 5.56 Å². The molecule has 0 saturated heterocycles. The summed E-state index contributed by atoms with van der Waals surface area (Å²) in [5.74, 6) is -0.762. The number of aromatic hydroxyl groups is 1. The van der Waals surface area contributed by atoms with Crippen molar-refractivity contribution in [3.63, 3.8) is 0 Å². The molecule has 2 N–H and O–H groups in total. The zero-order valence-corrected chi connectivity index (χ0v) is 15.5. The molecule has 0 heterocycles. The maximum Gasteiger partial charge on any atom is 0.398 e. The fraction of sp³-hybridized carbons (Fsp3) is 0.278. The van der Waals surface area contributed by atoms with Crippen molar-refractivity contribution in [2.75, 3.05) is 25.2 Å². The number of nitrogens with zero attached hydrogens (tertiary/aromatic N) is 1. The van der Waals surface area contributed by atoms with Gasteiger partial charge < -0.3 is 20.1 Å². The largest absolute Gasteiger partial charge is 0.504 e. The number of anilines is 1. The molecule has 0 radical (unpaired) electrons. The van der Waals surface area contributed by atoms with Gasteiger partial charge in [0.15, 0.2) is 11.5 Å². The fourth-order valence-electron chi connectivity index (χ4n) is 2.23. The van der Waals surface area contributed by atoms with Gasteiger partial charge in [0.1, 0.15) is 0 Å². The number of rotatable bonds is 6. The molecule has 0 aliphatic rings. The van der Waals surface area contributed by atoms with Crippen molar-refractivity contribution in [3.8, 4) is 11.5 Å². The quantitative estimate of drug-likeness (QED) is 0.689. The molecule has 0 fully saturated rings. The lowest BCUT2D eigenvalue weighted by Gasteiger charge is -2.20. The highest BCUT2D eigenvalue weighted by molar-refractivity contribution is 7.99. The number of para-hydroxylation sites is 1. The smallest absolute Gasteiger partial charge is 0.398 e. The number of carbonyl (C=O) groups excluding carboxylic acids is 1. The molecule has 2 aromatic carbocycles. The Labute approximate surface area is 159 Å². The summed E-state index contributed by atoms with van der Waals surface area (Å²) in [6.07, 6.45) is -4.30. The summed E-state index contributed by atoms with van der Waals surface area (Å²) in [6, 6.07) is 10.6. The highest BCUT2D eigenvalue weighted by Gasteiger charge is 2.27. The molecule has 2 rings (SSSR count). The van der Waals surface area contributed by atoms with Crippen LogP contribution in [0.15, 0.2) is 47.4 Å². The van der Waals surface area contributed by atoms with Gasteiger partial charge in [-0.1, -0.05) is 18.2 Å². The second-order valence-corrected chi connectivity index (χ2v) is 6.71. The molecule has 2 amide bonds. The first-order valence-corrected chi connectivity index (χ1v) is 8.84. The molecular weight excluding hydrogens is 381 g/mol. The summed E-state index contributed by atoms with van der Waals surface area (Å²) in [7, 11) is 2.98. The topological polar surface area (TPSA) is 61.8 Å². The van der Waals surface area contributed by atoms with E-state index in [-0.39, 0.29) is 18.0 Å². The summed E-state index contributed by atoms with van der Waals surface area (Å²) >= 11 is 0.616. The van der Waals surface area contributed by atoms with Crippen LogP contribution in [0.1, 0.15) is 5.56 Å². The molecule has 0 aliphatic heterocycles. The standard InChI is InChI=1S/C18H19F3N2O3S/c1-23(10-12-7-8-14(24)15(9-12)26-2)17(25)22-13-5-3-4-6-16(13)27-11-18(19,20)21/h3-9,24H,10-11H2,1-2H3,(H,22,25). The second-order valence-electron chi connectivity index (χ2n) is 5.69. The molecule has 5 nitrogen and oxygen atoms in total. The molecule has 27 heavy (non-hydrogen) atoms. The number of urea groups is 1. The predicted octanol–water partition coefficient (Wildman–Crippen LogP) is 4.72. The number of thioether (sulfide) groups is 1. The van der Waals surface area contributed by atoms with Gasteiger partial charge in [0.05, 0.1) is 18.6 Å². The first kappa shape index (κ1) is 20.8. The Morgan fingerprint density at radius 2 is 1.96 bits per heavy atom. The van der Waals surface area contributed by atoms with Crippen LogP contribution in [0.5, 0.6) is 11.5 Å². The summed E-state index contributed by atoms with van der Waals surface area (Å²) in [5, 5.41) is 12.2. The van der Waals surface area contributed by atoms with Crippen LogP contribution >= 0.6 is 11.8 Å². The molecule has 0 unspecified atom stereocenters. The average Bonchev–Trinajstić information content (AvgIpc) is 2.61. The SMILES string of the molecule is COc1cc(CN(C)C(=O)Nc2ccccc2SCC(F)(F)F)ccc1O. The van der Waals surface area contributed by atoms with Crippen molar-refractivity contribution in [1.82, 2.24) is 4.90 Å². The van der Waals surface area contributed by atoms with Gasteiger partial charge in [0.2, 0.25) is 0 Å². The van der Waals surface area contributed by atoms with Crippen molar-refractivity contribution < 1.29 is 27.8 Å². The highest BCUT2D eigenvalue weighted by atomic mass is 32.2. The number of amides is 2. The van der Waals surface area contributed by atoms with E-state index in [9.17, 15) is 23.1 Å². The molecule has 0 atom stereocenters. The summed E-state index contributed by atoms with van der Waals surface area (Å²) < 4.78 is 42.4. The van der Waals surface area contributed by atoms with Crippen molar-refractivity contribution in [2.24, 2.45) is 0 Å². The van der Waals surface area contributed by atoms with Crippen LogP contribution in [0, 0.1) is 0 Å². The lowest BCUT2D eigenvalue weighted by molar-refractivity contribution is -0.105. The predicted molar refractivity (Wildman–Crippen MR) is 98.4 cm³/mol. The average molecular weight is 400 g/mol. The lowest BCUT2D eigenvalue weighted by atomic mass is 10.2. The second kappa shape index (κ2) is 8.90. The number of nitrogens with one attached hydrogen (secondary N) is 1. The Kier molecular flexibility index (Phi) is 6.84. The Morgan fingerprint density at radius 1 is 1.26 bits per heavy atom. The molecule has 146 valence electrons. The maximum atomic E-state index is 12.5. The van der Waals surface area contributed by atoms with Gasteiger partial charge in [0, 0.05) is 18.5 Å². The minimum Gasteiger partial charge on any atom is -0.504 e. The van der Waals surface area contributed by atoms with E-state index in [1.54, 1.807) is 37.4 Å². The van der Waals surface area contributed by atoms with Gasteiger partial charge in [-0.05, 0) is 29.8 Å². The van der Waals surface area contributed by atoms with Crippen molar-refractivity contribution in [1.29, 1.82) is 0 Å². The van der Waals surface area contributed by atoms with E-state index in [2.05, 4.69) is 5.32 Å². The van der Waals surface area contributed by atoms with Gasteiger partial charge >= 0.3 is 12.2 Å². The number of phenolic OH excluding ortho intramolecular Hbond substituents is 1. The molecule has 0 saturated carbocycles. The van der Waals surface area contributed by atoms with Crippen molar-refractivity contribution >= 4 is 23.5 Å². The third-order valence-electron chi connectivity index (χ3n) is 3.53. The molecule has 9 heteroatoms. The molecular formula is C18H19F3N2O3S. The van der Waals surface area contributed by atoms with Crippen LogP contribution in [0.3, 0.4) is 0 Å². The van der Waals surface area contributed by atoms with E-state index >= 15 is 0 Å². The number of carbonyl (C=O) groups is 1. The molecule has 0 bridgehead atoms. The molecule has 0 aromatic heterocycles. The number of hydrogen-bond acceptors (Lipinski definition) is 4. The van der Waals surface area contributed by atoms with E-state index in [4.69, 9.17) is 4.74 Å². The molecule has 0 aliphatic carbocycles. The number of benzene rings is 2. The summed E-state index contributed by atoms with van der Waals surface area (Å²) in [6.45, 7) is 0.223. The minimum absolute atomic E-state index is 0.0102. The van der Waals surface area contributed by atoms with Crippen LogP contribution in [0.2, 0.25) is 0 Å². The normalized spacial score (nSPS) is 11.1. The van der Waals surface area contributed by atoms with Crippen molar-refractivity contribution in [3.05, 3.63) is 48.0 Å². The van der Waals surface area contributed by atoms with Gasteiger partial charge in [-0.3, -0.25) is 0 Å². The van der Waals surface area contributed by atoms with E-state index in [0.29, 0.717) is 22.3 Å². The van der Waals surface area contributed by atoms with Crippen LogP contribution in [0.4, 0.5) is 23.7 Å². The maximum absolute atomic E-state index is 12.5. The van der Waals surface area contributed by atoms with Crippen LogP contribution in [-0.4, -0.2) is 42.1 Å². The number of ether oxygens (including phenoxy) is 1. The lowest BCUT2D eigenvalue weighted by Crippen LogP contribution is -2.31. The number of halogens is 3. The van der Waals surface area contributed by atoms with Crippen LogP contribution in [-0.2, 0) is 6.54 Å². The summed E-state index contributed by atoms with van der Waals surface area (Å²) in [5.41, 5.74) is 1.04. The zero-order valence-electron chi connectivity index (χ0n) is 14.7. The number of hydrogen-bond donors (Lipinski definition) is 2. The fourth-order valence-corrected chi connectivity index (χ4v) is 3.00. The third kappa shape index (κ3) is 6.28. The van der Waals surface area contributed by atoms with E-state index < -0.39 is 18.0 Å². The number of alkyl halides is 3. The first-order chi connectivity index (χ1) is 12.7. The molecule has 2 aromatic rings. The van der Waals surface area contributed by atoms with Crippen molar-refractivity contribution in [2.45, 2.75) is 17.6 Å². The third-order valence-corrected chi connectivity index (χ3v) is 4.67. The minimum atomic E-state index is -4.30. The Morgan fingerprint density at radius 3 is 2.63 bits per heavy atom. The Balaban J connectivity index is 2.04. The first-order valence-electron chi connectivity index (χ1n) is 7.86. The monoisotopic (exact) mass is 400 g/mol. The Bertz CT molecular complexity index is 800. The highest BCUT2D eigenvalue weighted by Crippen LogP contribution is 2.32. The van der Waals surface area contributed by atoms with Gasteiger partial charge in [-0.2, -0.15) is 13.2 Å². The zero-order chi connectivity index (χ0) is 20.0. The van der Waals surface area contributed by atoms with Gasteiger partial charge in [-0.25, -0.2) is 4.79 Å². The van der Waals surface area contributed by atoms with Gasteiger partial charge in [0.25, 0.3) is 0 Å². The summed E-state index contributed by atoms with van der Waals surface area (Å²) in [4.78, 5) is 14.1. The van der Waals surface area contributed by atoms with Crippen LogP contribution < -0.4 is 10.1 Å².